The van der Waals surface area contributed by atoms with E-state index in [0.717, 1.165) is 18.0 Å². The second kappa shape index (κ2) is 13.0. The largest absolute Gasteiger partial charge is 0.364 e. The molecule has 0 bridgehead atoms. The minimum atomic E-state index is -1.06. The number of carbonyl (C=O) groups excluding carboxylic acids is 1. The van der Waals surface area contributed by atoms with E-state index in [9.17, 15) is 4.79 Å². The van der Waals surface area contributed by atoms with Gasteiger partial charge in [0.25, 0.3) is 5.91 Å². The molecule has 1 saturated heterocycles. The Bertz CT molecular complexity index is 731. The number of methoxy groups -OCH3 is 2. The van der Waals surface area contributed by atoms with Crippen molar-refractivity contribution in [3.8, 4) is 0 Å². The zero-order valence-electron chi connectivity index (χ0n) is 17.8. The average Bonchev–Trinajstić information content (AvgIpc) is 3.57. The molecule has 11 heteroatoms. The van der Waals surface area contributed by atoms with Gasteiger partial charge in [-0.1, -0.05) is 19.3 Å². The van der Waals surface area contributed by atoms with Crippen LogP contribution < -0.4 is 0 Å². The van der Waals surface area contributed by atoms with Gasteiger partial charge in [0.1, 0.15) is 15.9 Å². The van der Waals surface area contributed by atoms with E-state index < -0.39 is 5.60 Å². The van der Waals surface area contributed by atoms with Crippen molar-refractivity contribution in [3.63, 3.8) is 0 Å². The first kappa shape index (κ1) is 26.3. The summed E-state index contributed by atoms with van der Waals surface area (Å²) in [5.41, 5.74) is 1.05. The van der Waals surface area contributed by atoms with Crippen molar-refractivity contribution < 1.29 is 23.2 Å². The molecule has 1 aliphatic carbocycles. The van der Waals surface area contributed by atoms with Crippen molar-refractivity contribution in [2.75, 3.05) is 34.4 Å². The first-order chi connectivity index (χ1) is 15.0. The summed E-state index contributed by atoms with van der Waals surface area (Å²) < 4.78 is 22.0. The SMILES string of the molecule is COCO[C@@]1(Cc2cc(CCCC3CC3)ccn2)C(=O)N(COC)[C@H]1COSP(I)I. The summed E-state index contributed by atoms with van der Waals surface area (Å²) in [5.74, 6) is 0.827. The monoisotopic (exact) mass is 694 g/mol. The highest BCUT2D eigenvalue weighted by Gasteiger charge is 2.62. The standard InChI is InChI=1S/C20H29I2N2O5PS/c1-26-13-24-18(12-29-31-30(21)22)20(19(24)25,28-14-27-2)11-17-10-16(8-9-23-17)5-3-4-15-6-7-15/h8-10,15,18H,3-7,11-14H2,1-2H3/t18-,20+/m0/s1. The van der Waals surface area contributed by atoms with Crippen LogP contribution in [0, 0.1) is 5.92 Å². The Morgan fingerprint density at radius 2 is 2.13 bits per heavy atom. The quantitative estimate of drug-likeness (QED) is 0.0813. The Balaban J connectivity index is 1.73. The highest BCUT2D eigenvalue weighted by Crippen LogP contribution is 2.65. The lowest BCUT2D eigenvalue weighted by Crippen LogP contribution is -2.77. The highest BCUT2D eigenvalue weighted by molar-refractivity contribution is 14.3. The van der Waals surface area contributed by atoms with E-state index in [4.69, 9.17) is 18.4 Å². The first-order valence-corrected chi connectivity index (χ1v) is 18.5. The van der Waals surface area contributed by atoms with Gasteiger partial charge in [-0.15, -0.1) is 0 Å². The number of halogens is 2. The molecule has 7 nitrogen and oxygen atoms in total. The van der Waals surface area contributed by atoms with Gasteiger partial charge in [-0.3, -0.25) is 9.78 Å². The molecule has 2 aliphatic rings. The minimum Gasteiger partial charge on any atom is -0.364 e. The maximum absolute atomic E-state index is 13.2. The normalized spacial score (nSPS) is 23.5. The lowest BCUT2D eigenvalue weighted by atomic mass is 9.78. The van der Waals surface area contributed by atoms with Crippen LogP contribution in [-0.2, 0) is 36.0 Å². The Kier molecular flexibility index (Phi) is 11.0. The van der Waals surface area contributed by atoms with Gasteiger partial charge >= 0.3 is 0 Å². The van der Waals surface area contributed by atoms with Gasteiger partial charge in [-0.2, -0.15) is 0 Å². The number of carbonyl (C=O) groups is 1. The molecule has 0 N–H and O–H groups in total. The minimum absolute atomic E-state index is 0.0303. The van der Waals surface area contributed by atoms with Crippen LogP contribution in [0.2, 0.25) is 0 Å². The van der Waals surface area contributed by atoms with Crippen LogP contribution in [0.25, 0.3) is 0 Å². The van der Waals surface area contributed by atoms with Gasteiger partial charge in [0.2, 0.25) is 0 Å². The number of aromatic nitrogens is 1. The van der Waals surface area contributed by atoms with Gasteiger partial charge in [0.05, 0.1) is 12.6 Å². The molecule has 0 spiro atoms. The van der Waals surface area contributed by atoms with Crippen molar-refractivity contribution in [1.82, 2.24) is 9.88 Å². The molecule has 0 aromatic carbocycles. The third-order valence-corrected chi connectivity index (χ3v) is 9.58. The number of pyridine rings is 1. The Hall–Kier alpha value is 0.700. The van der Waals surface area contributed by atoms with Crippen molar-refractivity contribution >= 4 is 64.1 Å². The van der Waals surface area contributed by atoms with Gasteiger partial charge in [-0.25, -0.2) is 0 Å². The van der Waals surface area contributed by atoms with Gasteiger partial charge in [0.15, 0.2) is 5.60 Å². The number of rotatable bonds is 15. The van der Waals surface area contributed by atoms with Gasteiger partial charge < -0.3 is 23.3 Å². The lowest BCUT2D eigenvalue weighted by Gasteiger charge is -2.54. The van der Waals surface area contributed by atoms with Crippen LogP contribution in [0.5, 0.6) is 0 Å². The van der Waals surface area contributed by atoms with Crippen LogP contribution in [0.15, 0.2) is 18.3 Å². The van der Waals surface area contributed by atoms with E-state index in [1.54, 1.807) is 19.1 Å². The van der Waals surface area contributed by atoms with Crippen LogP contribution in [0.4, 0.5) is 0 Å². The third kappa shape index (κ3) is 7.34. The third-order valence-electron chi connectivity index (χ3n) is 5.67. The van der Waals surface area contributed by atoms with Crippen molar-refractivity contribution in [2.45, 2.75) is 50.2 Å². The molecule has 3 rings (SSSR count). The van der Waals surface area contributed by atoms with E-state index >= 15 is 0 Å². The van der Waals surface area contributed by atoms with Gasteiger partial charge in [0, 0.05) is 44.2 Å². The topological polar surface area (TPSA) is 70.1 Å². The van der Waals surface area contributed by atoms with Crippen LogP contribution in [-0.4, -0.2) is 61.8 Å². The molecule has 2 atom stereocenters. The fourth-order valence-corrected chi connectivity index (χ4v) is 6.71. The number of amides is 1. The van der Waals surface area contributed by atoms with Crippen molar-refractivity contribution in [3.05, 3.63) is 29.6 Å². The number of aryl methyl sites for hydroxylation is 1. The van der Waals surface area contributed by atoms with E-state index in [2.05, 4.69) is 61.2 Å². The number of nitrogens with zero attached hydrogens (tertiary/aromatic N) is 2. The molecule has 0 unspecified atom stereocenters. The zero-order valence-corrected chi connectivity index (χ0v) is 23.8. The Labute approximate surface area is 215 Å². The number of hydrogen-bond acceptors (Lipinski definition) is 7. The average molecular weight is 694 g/mol. The molecule has 2 fully saturated rings. The number of ether oxygens (including phenoxy) is 3. The van der Waals surface area contributed by atoms with Crippen molar-refractivity contribution in [2.24, 2.45) is 5.92 Å². The van der Waals surface area contributed by atoms with E-state index in [0.29, 0.717) is 13.0 Å². The maximum atomic E-state index is 13.2. The Morgan fingerprint density at radius 3 is 2.81 bits per heavy atom. The predicted molar refractivity (Wildman–Crippen MR) is 140 cm³/mol. The molecular weight excluding hydrogens is 665 g/mol. The summed E-state index contributed by atoms with van der Waals surface area (Å²) in [6.07, 6.45) is 8.54. The first-order valence-electron chi connectivity index (χ1n) is 10.3. The highest BCUT2D eigenvalue weighted by atomic mass is 127. The number of β-lactam (4-membered cyclic amide) rings is 1. The van der Waals surface area contributed by atoms with Crippen LogP contribution >= 0.6 is 58.2 Å². The summed E-state index contributed by atoms with van der Waals surface area (Å²) in [4.78, 5) is 19.4. The molecule has 1 aliphatic heterocycles. The Morgan fingerprint density at radius 1 is 1.32 bits per heavy atom. The zero-order chi connectivity index (χ0) is 22.3. The second-order valence-corrected chi connectivity index (χ2v) is 25.5. The van der Waals surface area contributed by atoms with Crippen LogP contribution in [0.1, 0.15) is 36.9 Å². The van der Waals surface area contributed by atoms with E-state index in [1.807, 2.05) is 6.20 Å². The number of hydrogen-bond donors (Lipinski definition) is 0. The summed E-state index contributed by atoms with van der Waals surface area (Å²) in [5, 5.41) is 0. The van der Waals surface area contributed by atoms with Crippen LogP contribution in [0.3, 0.4) is 0 Å². The molecule has 1 amide bonds. The molecule has 1 aromatic rings. The smallest absolute Gasteiger partial charge is 0.259 e. The molecular formula is C20H29I2N2O5PS. The lowest BCUT2D eigenvalue weighted by molar-refractivity contribution is -0.236. The number of likely N-dealkylation sites (tertiary alicyclic amines) is 1. The van der Waals surface area contributed by atoms with Crippen molar-refractivity contribution in [1.29, 1.82) is 0 Å². The molecule has 1 aromatic heterocycles. The molecule has 0 radical (unpaired) electrons. The molecule has 31 heavy (non-hydrogen) atoms. The molecule has 174 valence electrons. The molecule has 2 heterocycles. The predicted octanol–water partition coefficient (Wildman–Crippen LogP) is 5.29. The molecule has 1 saturated carbocycles. The second-order valence-electron chi connectivity index (χ2n) is 7.88. The summed E-state index contributed by atoms with van der Waals surface area (Å²) >= 11 is 6.12. The fraction of sp³-hybridized carbons (Fsp3) is 0.700. The maximum Gasteiger partial charge on any atom is 0.259 e. The van der Waals surface area contributed by atoms with E-state index in [-0.39, 0.29) is 27.9 Å². The summed E-state index contributed by atoms with van der Waals surface area (Å²) in [7, 11) is 3.14. The summed E-state index contributed by atoms with van der Waals surface area (Å²) in [6, 6.07) is 3.91. The van der Waals surface area contributed by atoms with E-state index in [1.165, 1.54) is 42.9 Å². The van der Waals surface area contributed by atoms with Gasteiger partial charge in [-0.05, 0) is 80.5 Å². The fourth-order valence-electron chi connectivity index (χ4n) is 3.98. The summed E-state index contributed by atoms with van der Waals surface area (Å²) in [6.45, 7) is 0.589.